The molecule has 0 bridgehead atoms. The molecule has 2 heterocycles. The van der Waals surface area contributed by atoms with Crippen LogP contribution in [0.4, 0.5) is 0 Å². The number of hydrogen-bond acceptors (Lipinski definition) is 5. The summed E-state index contributed by atoms with van der Waals surface area (Å²) >= 11 is 0. The average Bonchev–Trinajstić information content (AvgIpc) is 2.68. The van der Waals surface area contributed by atoms with Crippen LogP contribution in [0.1, 0.15) is 24.6 Å². The van der Waals surface area contributed by atoms with E-state index in [4.69, 9.17) is 9.26 Å². The number of ether oxygens (including phenoxy) is 1. The molecule has 0 atom stereocenters. The van der Waals surface area contributed by atoms with Crippen molar-refractivity contribution in [2.45, 2.75) is 25.8 Å². The molecular formula is C10H17N3O2. The minimum absolute atomic E-state index is 0.640. The molecule has 2 rings (SSSR count). The van der Waals surface area contributed by atoms with Gasteiger partial charge in [-0.15, -0.1) is 0 Å². The molecule has 0 saturated carbocycles. The zero-order valence-electron chi connectivity index (χ0n) is 9.03. The molecule has 0 spiro atoms. The Morgan fingerprint density at radius 2 is 2.20 bits per heavy atom. The Bertz CT molecular complexity index is 295. The molecule has 1 aromatic heterocycles. The van der Waals surface area contributed by atoms with Gasteiger partial charge in [-0.05, 0) is 25.8 Å². The fourth-order valence-corrected chi connectivity index (χ4v) is 1.80. The molecule has 1 fully saturated rings. The van der Waals surface area contributed by atoms with Crippen LogP contribution >= 0.6 is 0 Å². The van der Waals surface area contributed by atoms with E-state index in [0.717, 1.165) is 44.2 Å². The first-order valence-electron chi connectivity index (χ1n) is 5.42. The van der Waals surface area contributed by atoms with Crippen molar-refractivity contribution in [1.82, 2.24) is 15.5 Å². The standard InChI is InChI=1S/C10H17N3O2/c1-11-7-9-12-10(15-13-9)6-8-2-4-14-5-3-8/h8,11H,2-7H2,1H3. The molecule has 0 aliphatic carbocycles. The summed E-state index contributed by atoms with van der Waals surface area (Å²) < 4.78 is 10.5. The number of hydrogen-bond donors (Lipinski definition) is 1. The van der Waals surface area contributed by atoms with E-state index in [1.165, 1.54) is 0 Å². The van der Waals surface area contributed by atoms with Gasteiger partial charge >= 0.3 is 0 Å². The van der Waals surface area contributed by atoms with Gasteiger partial charge in [-0.3, -0.25) is 0 Å². The third kappa shape index (κ3) is 3.00. The van der Waals surface area contributed by atoms with E-state index in [1.54, 1.807) is 0 Å². The molecule has 1 saturated heterocycles. The number of aromatic nitrogens is 2. The van der Waals surface area contributed by atoms with E-state index in [1.807, 2.05) is 7.05 Å². The highest BCUT2D eigenvalue weighted by molar-refractivity contribution is 4.87. The first-order chi connectivity index (χ1) is 7.38. The smallest absolute Gasteiger partial charge is 0.226 e. The van der Waals surface area contributed by atoms with Gasteiger partial charge in [-0.25, -0.2) is 0 Å². The van der Waals surface area contributed by atoms with Crippen molar-refractivity contribution < 1.29 is 9.26 Å². The fraction of sp³-hybridized carbons (Fsp3) is 0.800. The van der Waals surface area contributed by atoms with Gasteiger partial charge in [0.2, 0.25) is 5.89 Å². The maximum Gasteiger partial charge on any atom is 0.226 e. The van der Waals surface area contributed by atoms with Gasteiger partial charge in [-0.2, -0.15) is 4.98 Å². The molecule has 1 aromatic rings. The van der Waals surface area contributed by atoms with Crippen molar-refractivity contribution in [3.63, 3.8) is 0 Å². The Labute approximate surface area is 89.2 Å². The molecule has 1 aliphatic rings. The summed E-state index contributed by atoms with van der Waals surface area (Å²) in [6, 6.07) is 0. The summed E-state index contributed by atoms with van der Waals surface area (Å²) in [6.45, 7) is 2.39. The van der Waals surface area contributed by atoms with Gasteiger partial charge in [0.1, 0.15) is 0 Å². The molecule has 0 aromatic carbocycles. The van der Waals surface area contributed by atoms with E-state index in [0.29, 0.717) is 12.5 Å². The molecule has 84 valence electrons. The predicted octanol–water partition coefficient (Wildman–Crippen LogP) is 0.758. The summed E-state index contributed by atoms with van der Waals surface area (Å²) in [4.78, 5) is 4.31. The first kappa shape index (κ1) is 10.6. The van der Waals surface area contributed by atoms with Crippen molar-refractivity contribution in [3.8, 4) is 0 Å². The predicted molar refractivity (Wildman–Crippen MR) is 54.3 cm³/mol. The second-order valence-corrected chi connectivity index (χ2v) is 3.89. The molecule has 15 heavy (non-hydrogen) atoms. The van der Waals surface area contributed by atoms with Crippen LogP contribution in [0.3, 0.4) is 0 Å². The molecule has 0 radical (unpaired) electrons. The van der Waals surface area contributed by atoms with Gasteiger partial charge < -0.3 is 14.6 Å². The molecule has 0 unspecified atom stereocenters. The van der Waals surface area contributed by atoms with Crippen molar-refractivity contribution in [2.75, 3.05) is 20.3 Å². The Morgan fingerprint density at radius 3 is 2.93 bits per heavy atom. The number of nitrogens with zero attached hydrogens (tertiary/aromatic N) is 2. The lowest BCUT2D eigenvalue weighted by molar-refractivity contribution is 0.0642. The van der Waals surface area contributed by atoms with Gasteiger partial charge in [-0.1, -0.05) is 5.16 Å². The van der Waals surface area contributed by atoms with Crippen molar-refractivity contribution in [3.05, 3.63) is 11.7 Å². The summed E-state index contributed by atoms with van der Waals surface area (Å²) in [5.41, 5.74) is 0. The molecule has 1 N–H and O–H groups in total. The number of nitrogens with one attached hydrogen (secondary N) is 1. The van der Waals surface area contributed by atoms with Crippen LogP contribution in [0.15, 0.2) is 4.52 Å². The minimum atomic E-state index is 0.640. The highest BCUT2D eigenvalue weighted by Gasteiger charge is 2.17. The molecular weight excluding hydrogens is 194 g/mol. The van der Waals surface area contributed by atoms with Crippen LogP contribution in [-0.2, 0) is 17.7 Å². The van der Waals surface area contributed by atoms with Gasteiger partial charge in [0.05, 0.1) is 6.54 Å². The summed E-state index contributed by atoms with van der Waals surface area (Å²) in [7, 11) is 1.87. The Balaban J connectivity index is 1.86. The maximum absolute atomic E-state index is 5.30. The average molecular weight is 211 g/mol. The van der Waals surface area contributed by atoms with Crippen LogP contribution in [0.5, 0.6) is 0 Å². The van der Waals surface area contributed by atoms with Crippen LogP contribution in [0.2, 0.25) is 0 Å². The quantitative estimate of drug-likeness (QED) is 0.796. The van der Waals surface area contributed by atoms with E-state index >= 15 is 0 Å². The Hall–Kier alpha value is -0.940. The lowest BCUT2D eigenvalue weighted by Crippen LogP contribution is -2.17. The fourth-order valence-electron chi connectivity index (χ4n) is 1.80. The van der Waals surface area contributed by atoms with Gasteiger partial charge in [0, 0.05) is 19.6 Å². The van der Waals surface area contributed by atoms with Crippen LogP contribution in [-0.4, -0.2) is 30.4 Å². The van der Waals surface area contributed by atoms with E-state index in [-0.39, 0.29) is 0 Å². The van der Waals surface area contributed by atoms with Crippen LogP contribution in [0, 0.1) is 5.92 Å². The second-order valence-electron chi connectivity index (χ2n) is 3.89. The molecule has 0 amide bonds. The van der Waals surface area contributed by atoms with Crippen molar-refractivity contribution in [2.24, 2.45) is 5.92 Å². The minimum Gasteiger partial charge on any atom is -0.381 e. The zero-order valence-corrected chi connectivity index (χ0v) is 9.03. The zero-order chi connectivity index (χ0) is 10.5. The molecule has 1 aliphatic heterocycles. The maximum atomic E-state index is 5.30. The normalized spacial score (nSPS) is 18.2. The first-order valence-corrected chi connectivity index (χ1v) is 5.42. The van der Waals surface area contributed by atoms with E-state index < -0.39 is 0 Å². The highest BCUT2D eigenvalue weighted by atomic mass is 16.5. The molecule has 5 nitrogen and oxygen atoms in total. The largest absolute Gasteiger partial charge is 0.381 e. The second kappa shape index (κ2) is 5.23. The van der Waals surface area contributed by atoms with Crippen LogP contribution < -0.4 is 5.32 Å². The summed E-state index contributed by atoms with van der Waals surface area (Å²) in [5.74, 6) is 2.13. The lowest BCUT2D eigenvalue weighted by atomic mass is 9.97. The van der Waals surface area contributed by atoms with E-state index in [2.05, 4.69) is 15.5 Å². The van der Waals surface area contributed by atoms with Gasteiger partial charge in [0.25, 0.3) is 0 Å². The third-order valence-electron chi connectivity index (χ3n) is 2.65. The van der Waals surface area contributed by atoms with E-state index in [9.17, 15) is 0 Å². The Kier molecular flexibility index (Phi) is 3.69. The lowest BCUT2D eigenvalue weighted by Gasteiger charge is -2.19. The van der Waals surface area contributed by atoms with Crippen LogP contribution in [0.25, 0.3) is 0 Å². The highest BCUT2D eigenvalue weighted by Crippen LogP contribution is 2.18. The SMILES string of the molecule is CNCc1noc(CC2CCOCC2)n1. The van der Waals surface area contributed by atoms with Crippen molar-refractivity contribution >= 4 is 0 Å². The summed E-state index contributed by atoms with van der Waals surface area (Å²) in [6.07, 6.45) is 3.09. The Morgan fingerprint density at radius 1 is 1.40 bits per heavy atom. The summed E-state index contributed by atoms with van der Waals surface area (Å²) in [5, 5.41) is 6.89. The van der Waals surface area contributed by atoms with Gasteiger partial charge in [0.15, 0.2) is 5.82 Å². The third-order valence-corrected chi connectivity index (χ3v) is 2.65. The van der Waals surface area contributed by atoms with Crippen molar-refractivity contribution in [1.29, 1.82) is 0 Å². The number of rotatable bonds is 4. The topological polar surface area (TPSA) is 60.2 Å². The molecule has 5 heteroatoms. The monoisotopic (exact) mass is 211 g/mol.